The fourth-order valence-electron chi connectivity index (χ4n) is 3.67. The van der Waals surface area contributed by atoms with E-state index in [0.29, 0.717) is 6.04 Å². The lowest BCUT2D eigenvalue weighted by Crippen LogP contribution is -2.55. The molecule has 108 valence electrons. The molecule has 2 fully saturated rings. The second-order valence-electron chi connectivity index (χ2n) is 6.47. The molecule has 1 aromatic carbocycles. The van der Waals surface area contributed by atoms with Crippen LogP contribution in [0.1, 0.15) is 32.3 Å². The lowest BCUT2D eigenvalue weighted by molar-refractivity contribution is 0.0668. The number of fused-ring (bicyclic) bond motifs is 1. The van der Waals surface area contributed by atoms with E-state index >= 15 is 0 Å². The van der Waals surface area contributed by atoms with Gasteiger partial charge in [-0.05, 0) is 38.8 Å². The Morgan fingerprint density at radius 1 is 1.25 bits per heavy atom. The van der Waals surface area contributed by atoms with Crippen LogP contribution in [0.4, 0.5) is 0 Å². The first-order valence-electron chi connectivity index (χ1n) is 7.92. The van der Waals surface area contributed by atoms with Crippen molar-refractivity contribution < 1.29 is 0 Å². The van der Waals surface area contributed by atoms with Gasteiger partial charge in [-0.2, -0.15) is 0 Å². The predicted octanol–water partition coefficient (Wildman–Crippen LogP) is 3.26. The van der Waals surface area contributed by atoms with Gasteiger partial charge < -0.3 is 0 Å². The molecule has 2 aliphatic heterocycles. The van der Waals surface area contributed by atoms with E-state index in [0.717, 1.165) is 12.6 Å². The zero-order valence-electron chi connectivity index (χ0n) is 12.8. The van der Waals surface area contributed by atoms with Crippen molar-refractivity contribution in [3.63, 3.8) is 0 Å². The summed E-state index contributed by atoms with van der Waals surface area (Å²) >= 11 is 0. The molecule has 2 saturated heterocycles. The van der Waals surface area contributed by atoms with Crippen LogP contribution in [0.2, 0.25) is 0 Å². The van der Waals surface area contributed by atoms with Gasteiger partial charge in [0, 0.05) is 31.7 Å². The summed E-state index contributed by atoms with van der Waals surface area (Å²) in [6, 6.07) is 12.2. The largest absolute Gasteiger partial charge is 0.298 e. The van der Waals surface area contributed by atoms with E-state index in [9.17, 15) is 0 Å². The van der Waals surface area contributed by atoms with Crippen molar-refractivity contribution in [1.29, 1.82) is 0 Å². The molecule has 1 aromatic rings. The molecule has 3 rings (SSSR count). The van der Waals surface area contributed by atoms with Gasteiger partial charge in [0.25, 0.3) is 0 Å². The third-order valence-corrected chi connectivity index (χ3v) is 4.73. The normalized spacial score (nSPS) is 28.6. The van der Waals surface area contributed by atoms with Crippen LogP contribution in [0.25, 0.3) is 6.08 Å². The first-order valence-corrected chi connectivity index (χ1v) is 7.92. The summed E-state index contributed by atoms with van der Waals surface area (Å²) in [5.74, 6) is 0. The Balaban J connectivity index is 1.63. The topological polar surface area (TPSA) is 6.48 Å². The van der Waals surface area contributed by atoms with Crippen molar-refractivity contribution in [3.05, 3.63) is 41.5 Å². The molecule has 0 N–H and O–H groups in total. The van der Waals surface area contributed by atoms with Gasteiger partial charge >= 0.3 is 0 Å². The van der Waals surface area contributed by atoms with E-state index in [2.05, 4.69) is 60.1 Å². The maximum Gasteiger partial charge on any atom is 0.0224 e. The highest BCUT2D eigenvalue weighted by Gasteiger charge is 2.33. The van der Waals surface area contributed by atoms with Crippen LogP contribution in [0.5, 0.6) is 0 Å². The molecule has 0 radical (unpaired) electrons. The fourth-order valence-corrected chi connectivity index (χ4v) is 3.67. The Morgan fingerprint density at radius 2 is 2.05 bits per heavy atom. The Bertz CT molecular complexity index is 466. The second-order valence-corrected chi connectivity index (χ2v) is 6.47. The number of rotatable bonds is 3. The summed E-state index contributed by atoms with van der Waals surface area (Å²) in [6.07, 6.45) is 5.11. The van der Waals surface area contributed by atoms with Crippen LogP contribution < -0.4 is 0 Å². The number of hydrogen-bond acceptors (Lipinski definition) is 2. The first-order chi connectivity index (χ1) is 9.72. The summed E-state index contributed by atoms with van der Waals surface area (Å²) in [4.78, 5) is 5.36. The van der Waals surface area contributed by atoms with E-state index in [4.69, 9.17) is 0 Å². The lowest BCUT2D eigenvalue weighted by Gasteiger charge is -2.42. The molecule has 0 amide bonds. The van der Waals surface area contributed by atoms with Crippen molar-refractivity contribution in [2.75, 3.05) is 26.2 Å². The van der Waals surface area contributed by atoms with E-state index in [1.807, 2.05) is 0 Å². The Labute approximate surface area is 123 Å². The highest BCUT2D eigenvalue weighted by Crippen LogP contribution is 2.25. The number of nitrogens with zero attached hydrogens (tertiary/aromatic N) is 2. The molecule has 2 atom stereocenters. The van der Waals surface area contributed by atoms with Crippen molar-refractivity contribution >= 4 is 6.08 Å². The van der Waals surface area contributed by atoms with Gasteiger partial charge in [0.05, 0.1) is 0 Å². The van der Waals surface area contributed by atoms with E-state index in [-0.39, 0.29) is 0 Å². The molecule has 2 heteroatoms. The van der Waals surface area contributed by atoms with E-state index in [1.54, 1.807) is 0 Å². The Morgan fingerprint density at radius 3 is 2.85 bits per heavy atom. The summed E-state index contributed by atoms with van der Waals surface area (Å²) < 4.78 is 0. The molecule has 0 saturated carbocycles. The van der Waals surface area contributed by atoms with Gasteiger partial charge in [-0.1, -0.05) is 42.0 Å². The van der Waals surface area contributed by atoms with E-state index in [1.165, 1.54) is 43.6 Å². The Kier molecular flexibility index (Phi) is 4.23. The van der Waals surface area contributed by atoms with Gasteiger partial charge in [0.2, 0.25) is 0 Å². The number of piperazine rings is 1. The van der Waals surface area contributed by atoms with Crippen LogP contribution in [0.3, 0.4) is 0 Å². The van der Waals surface area contributed by atoms with Crippen LogP contribution in [-0.2, 0) is 0 Å². The van der Waals surface area contributed by atoms with Crippen LogP contribution >= 0.6 is 0 Å². The molecular formula is C18H26N2. The molecule has 2 nitrogen and oxygen atoms in total. The van der Waals surface area contributed by atoms with Crippen LogP contribution in [0, 0.1) is 0 Å². The first kappa shape index (κ1) is 13.8. The SMILES string of the molecule is C/C(=C\c1ccccc1)CN1CC2CCCN2C[C@@H]1C. The van der Waals surface area contributed by atoms with Gasteiger partial charge in [0.1, 0.15) is 0 Å². The maximum absolute atomic E-state index is 2.69. The molecule has 1 unspecified atom stereocenters. The minimum absolute atomic E-state index is 0.684. The molecule has 20 heavy (non-hydrogen) atoms. The molecule has 0 aromatic heterocycles. The molecule has 0 aliphatic carbocycles. The summed E-state index contributed by atoms with van der Waals surface area (Å²) in [7, 11) is 0. The highest BCUT2D eigenvalue weighted by atomic mass is 15.3. The predicted molar refractivity (Wildman–Crippen MR) is 85.7 cm³/mol. The smallest absolute Gasteiger partial charge is 0.0224 e. The maximum atomic E-state index is 2.69. The van der Waals surface area contributed by atoms with Gasteiger partial charge in [0.15, 0.2) is 0 Å². The zero-order chi connectivity index (χ0) is 13.9. The van der Waals surface area contributed by atoms with Crippen molar-refractivity contribution in [1.82, 2.24) is 9.80 Å². The fraction of sp³-hybridized carbons (Fsp3) is 0.556. The third-order valence-electron chi connectivity index (χ3n) is 4.73. The van der Waals surface area contributed by atoms with Gasteiger partial charge in [-0.25, -0.2) is 0 Å². The minimum atomic E-state index is 0.684. The minimum Gasteiger partial charge on any atom is -0.298 e. The third kappa shape index (κ3) is 3.13. The average molecular weight is 270 g/mol. The van der Waals surface area contributed by atoms with Crippen molar-refractivity contribution in [2.45, 2.75) is 38.8 Å². The van der Waals surface area contributed by atoms with Crippen LogP contribution in [0.15, 0.2) is 35.9 Å². The van der Waals surface area contributed by atoms with Crippen LogP contribution in [-0.4, -0.2) is 48.1 Å². The lowest BCUT2D eigenvalue weighted by atomic mass is 10.1. The van der Waals surface area contributed by atoms with Gasteiger partial charge in [-0.3, -0.25) is 9.80 Å². The summed E-state index contributed by atoms with van der Waals surface area (Å²) in [6.45, 7) is 9.58. The molecule has 2 aliphatic rings. The Hall–Kier alpha value is -1.12. The van der Waals surface area contributed by atoms with Crippen molar-refractivity contribution in [2.24, 2.45) is 0 Å². The second kappa shape index (κ2) is 6.11. The average Bonchev–Trinajstić information content (AvgIpc) is 2.87. The molecule has 0 spiro atoms. The standard InChI is InChI=1S/C18H26N2/c1-15(11-17-7-4-3-5-8-17)12-20-14-18-9-6-10-19(18)13-16(20)2/h3-5,7-8,11,16,18H,6,9-10,12-14H2,1-2H3/b15-11+/t16-,18?/m0/s1. The summed E-state index contributed by atoms with van der Waals surface area (Å²) in [5.41, 5.74) is 2.78. The number of benzene rings is 1. The molecular weight excluding hydrogens is 244 g/mol. The van der Waals surface area contributed by atoms with E-state index < -0.39 is 0 Å². The zero-order valence-corrected chi connectivity index (χ0v) is 12.8. The molecule has 2 heterocycles. The number of hydrogen-bond donors (Lipinski definition) is 0. The highest BCUT2D eigenvalue weighted by molar-refractivity contribution is 5.52. The monoisotopic (exact) mass is 270 g/mol. The summed E-state index contributed by atoms with van der Waals surface area (Å²) in [5, 5.41) is 0. The van der Waals surface area contributed by atoms with Crippen molar-refractivity contribution in [3.8, 4) is 0 Å². The quantitative estimate of drug-likeness (QED) is 0.832. The molecule has 0 bridgehead atoms. The van der Waals surface area contributed by atoms with Gasteiger partial charge in [-0.15, -0.1) is 0 Å².